The van der Waals surface area contributed by atoms with E-state index in [1.165, 1.54) is 18.4 Å². The summed E-state index contributed by atoms with van der Waals surface area (Å²) in [5.41, 5.74) is 0.693. The lowest BCUT2D eigenvalue weighted by atomic mass is 10.0. The molecule has 0 aliphatic rings. The lowest BCUT2D eigenvalue weighted by Crippen LogP contribution is -2.31. The third kappa shape index (κ3) is 3.64. The number of anilines is 1. The van der Waals surface area contributed by atoms with E-state index in [0.29, 0.717) is 38.7 Å². The lowest BCUT2D eigenvalue weighted by Gasteiger charge is -2.18. The maximum atomic E-state index is 11.9. The van der Waals surface area contributed by atoms with Crippen molar-refractivity contribution < 1.29 is 19.4 Å². The summed E-state index contributed by atoms with van der Waals surface area (Å²) in [4.78, 5) is 33.2. The lowest BCUT2D eigenvalue weighted by molar-refractivity contribution is -0.138. The van der Waals surface area contributed by atoms with E-state index in [1.807, 2.05) is 13.8 Å². The largest absolute Gasteiger partial charge is 0.480 e. The number of nitrogens with zero attached hydrogens (tertiary/aromatic N) is 2. The first-order chi connectivity index (χ1) is 11.2. The van der Waals surface area contributed by atoms with Crippen LogP contribution in [0.15, 0.2) is 0 Å². The SMILES string of the molecule is COC(=O)c1sc2nc(C)nc(N[C@H](CC(C)C)C(=O)O)c2c1C. The second kappa shape index (κ2) is 7.12. The summed E-state index contributed by atoms with van der Waals surface area (Å²) in [7, 11) is 1.32. The summed E-state index contributed by atoms with van der Waals surface area (Å²) >= 11 is 1.22. The van der Waals surface area contributed by atoms with Gasteiger partial charge in [0.25, 0.3) is 0 Å². The quantitative estimate of drug-likeness (QED) is 0.771. The first-order valence-electron chi connectivity index (χ1n) is 7.60. The van der Waals surface area contributed by atoms with E-state index in [1.54, 1.807) is 13.8 Å². The van der Waals surface area contributed by atoms with Crippen molar-refractivity contribution in [3.8, 4) is 0 Å². The average Bonchev–Trinajstić information content (AvgIpc) is 2.82. The van der Waals surface area contributed by atoms with Crippen LogP contribution in [0.3, 0.4) is 0 Å². The molecule has 0 saturated carbocycles. The zero-order valence-corrected chi connectivity index (χ0v) is 15.2. The number of aromatic nitrogens is 2. The molecule has 1 atom stereocenters. The van der Waals surface area contributed by atoms with Crippen LogP contribution in [-0.4, -0.2) is 40.2 Å². The van der Waals surface area contributed by atoms with E-state index < -0.39 is 18.0 Å². The third-order valence-electron chi connectivity index (χ3n) is 3.59. The fourth-order valence-electron chi connectivity index (χ4n) is 2.50. The fourth-order valence-corrected chi connectivity index (χ4v) is 3.64. The molecule has 0 aliphatic carbocycles. The Morgan fingerprint density at radius 2 is 1.96 bits per heavy atom. The van der Waals surface area contributed by atoms with Crippen LogP contribution >= 0.6 is 11.3 Å². The van der Waals surface area contributed by atoms with Gasteiger partial charge in [0.2, 0.25) is 0 Å². The number of methoxy groups -OCH3 is 1. The van der Waals surface area contributed by atoms with E-state index >= 15 is 0 Å². The number of esters is 1. The molecule has 7 nitrogen and oxygen atoms in total. The number of aliphatic carboxylic acids is 1. The number of rotatable bonds is 6. The molecule has 8 heteroatoms. The predicted molar refractivity (Wildman–Crippen MR) is 92.7 cm³/mol. The number of carboxylic acids is 1. The third-order valence-corrected chi connectivity index (χ3v) is 4.75. The second-order valence-corrected chi connectivity index (χ2v) is 7.01. The zero-order chi connectivity index (χ0) is 18.0. The molecule has 2 heterocycles. The van der Waals surface area contributed by atoms with Crippen LogP contribution in [0.25, 0.3) is 10.2 Å². The molecule has 2 aromatic rings. The van der Waals surface area contributed by atoms with Crippen LogP contribution in [0, 0.1) is 19.8 Å². The normalized spacial score (nSPS) is 12.4. The summed E-state index contributed by atoms with van der Waals surface area (Å²) in [5, 5.41) is 13.1. The molecule has 2 aromatic heterocycles. The van der Waals surface area contributed by atoms with Gasteiger partial charge in [-0.3, -0.25) is 0 Å². The summed E-state index contributed by atoms with van der Waals surface area (Å²) in [5.74, 6) is -0.206. The molecule has 0 saturated heterocycles. The summed E-state index contributed by atoms with van der Waals surface area (Å²) in [6.45, 7) is 7.44. The summed E-state index contributed by atoms with van der Waals surface area (Å²) in [6, 6.07) is -0.761. The minimum absolute atomic E-state index is 0.214. The van der Waals surface area contributed by atoms with Crippen molar-refractivity contribution in [1.82, 2.24) is 9.97 Å². The topological polar surface area (TPSA) is 101 Å². The Bertz CT molecular complexity index is 785. The number of aryl methyl sites for hydroxylation is 2. The molecule has 2 N–H and O–H groups in total. The second-order valence-electron chi connectivity index (χ2n) is 6.01. The van der Waals surface area contributed by atoms with Gasteiger partial charge in [-0.25, -0.2) is 19.6 Å². The molecule has 0 bridgehead atoms. The Morgan fingerprint density at radius 3 is 2.50 bits per heavy atom. The van der Waals surface area contributed by atoms with Crippen LogP contribution in [0.2, 0.25) is 0 Å². The predicted octanol–water partition coefficient (Wildman–Crippen LogP) is 3.01. The first-order valence-corrected chi connectivity index (χ1v) is 8.41. The number of fused-ring (bicyclic) bond motifs is 1. The minimum atomic E-state index is -0.936. The standard InChI is InChI=1S/C16H21N3O4S/c1-7(2)6-10(15(20)21)19-13-11-8(3)12(16(22)23-5)24-14(11)18-9(4)17-13/h7,10H,6H2,1-5H3,(H,20,21)(H,17,18,19)/t10-/m1/s1. The highest BCUT2D eigenvalue weighted by molar-refractivity contribution is 7.20. The van der Waals surface area contributed by atoms with Crippen LogP contribution < -0.4 is 5.32 Å². The van der Waals surface area contributed by atoms with Crippen LogP contribution in [0.5, 0.6) is 0 Å². The Balaban J connectivity index is 2.54. The van der Waals surface area contributed by atoms with Gasteiger partial charge in [0.05, 0.1) is 12.5 Å². The molecule has 0 fully saturated rings. The Labute approximate surface area is 144 Å². The zero-order valence-electron chi connectivity index (χ0n) is 14.3. The van der Waals surface area contributed by atoms with Crippen molar-refractivity contribution in [3.63, 3.8) is 0 Å². The van der Waals surface area contributed by atoms with Crippen molar-refractivity contribution in [2.45, 2.75) is 40.2 Å². The number of hydrogen-bond donors (Lipinski definition) is 2. The van der Waals surface area contributed by atoms with Gasteiger partial charge in [0.1, 0.15) is 27.4 Å². The van der Waals surface area contributed by atoms with E-state index in [0.717, 1.165) is 0 Å². The van der Waals surface area contributed by atoms with Crippen molar-refractivity contribution in [2.24, 2.45) is 5.92 Å². The molecule has 0 aliphatic heterocycles. The van der Waals surface area contributed by atoms with E-state index in [9.17, 15) is 14.7 Å². The average molecular weight is 351 g/mol. The van der Waals surface area contributed by atoms with Gasteiger partial charge in [0.15, 0.2) is 0 Å². The number of nitrogens with one attached hydrogen (secondary N) is 1. The van der Waals surface area contributed by atoms with Crippen LogP contribution in [0.1, 0.15) is 41.3 Å². The summed E-state index contributed by atoms with van der Waals surface area (Å²) in [6.07, 6.45) is 0.465. The number of hydrogen-bond acceptors (Lipinski definition) is 7. The van der Waals surface area contributed by atoms with Gasteiger partial charge in [-0.2, -0.15) is 0 Å². The maximum Gasteiger partial charge on any atom is 0.348 e. The van der Waals surface area contributed by atoms with Gasteiger partial charge in [-0.05, 0) is 31.7 Å². The maximum absolute atomic E-state index is 11.9. The Hall–Kier alpha value is -2.22. The van der Waals surface area contributed by atoms with Crippen LogP contribution in [0.4, 0.5) is 5.82 Å². The Morgan fingerprint density at radius 1 is 1.29 bits per heavy atom. The first kappa shape index (κ1) is 18.1. The van der Waals surface area contributed by atoms with Crippen molar-refractivity contribution >= 4 is 39.3 Å². The fraction of sp³-hybridized carbons (Fsp3) is 0.500. The van der Waals surface area contributed by atoms with Crippen molar-refractivity contribution in [2.75, 3.05) is 12.4 Å². The highest BCUT2D eigenvalue weighted by atomic mass is 32.1. The van der Waals surface area contributed by atoms with E-state index in [4.69, 9.17) is 4.74 Å². The molecule has 24 heavy (non-hydrogen) atoms. The van der Waals surface area contributed by atoms with Crippen LogP contribution in [-0.2, 0) is 9.53 Å². The Kier molecular flexibility index (Phi) is 5.38. The number of ether oxygens (including phenoxy) is 1. The molecular formula is C16H21N3O4S. The van der Waals surface area contributed by atoms with Gasteiger partial charge >= 0.3 is 11.9 Å². The molecule has 0 unspecified atom stereocenters. The van der Waals surface area contributed by atoms with E-state index in [2.05, 4.69) is 15.3 Å². The van der Waals surface area contributed by atoms with Crippen molar-refractivity contribution in [3.05, 3.63) is 16.3 Å². The monoisotopic (exact) mass is 351 g/mol. The smallest absolute Gasteiger partial charge is 0.348 e. The highest BCUT2D eigenvalue weighted by Gasteiger charge is 2.24. The van der Waals surface area contributed by atoms with Gasteiger partial charge in [-0.1, -0.05) is 13.8 Å². The summed E-state index contributed by atoms with van der Waals surface area (Å²) < 4.78 is 4.80. The molecule has 2 rings (SSSR count). The molecule has 0 spiro atoms. The molecule has 0 radical (unpaired) electrons. The van der Waals surface area contributed by atoms with Gasteiger partial charge in [-0.15, -0.1) is 11.3 Å². The van der Waals surface area contributed by atoms with Gasteiger partial charge < -0.3 is 15.2 Å². The number of carbonyl (C=O) groups is 2. The molecule has 0 aromatic carbocycles. The van der Waals surface area contributed by atoms with Gasteiger partial charge in [0, 0.05) is 0 Å². The van der Waals surface area contributed by atoms with E-state index in [-0.39, 0.29) is 5.92 Å². The van der Waals surface area contributed by atoms with Crippen molar-refractivity contribution in [1.29, 1.82) is 0 Å². The number of carbonyl (C=O) groups excluding carboxylic acids is 1. The number of carboxylic acid groups (broad SMARTS) is 1. The molecule has 130 valence electrons. The highest BCUT2D eigenvalue weighted by Crippen LogP contribution is 2.34. The number of thiophene rings is 1. The minimum Gasteiger partial charge on any atom is -0.480 e. The molecular weight excluding hydrogens is 330 g/mol. The molecule has 0 amide bonds.